The molecule has 2 unspecified atom stereocenters. The van der Waals surface area contributed by atoms with Crippen molar-refractivity contribution >= 4 is 27.7 Å². The predicted octanol–water partition coefficient (Wildman–Crippen LogP) is 3.34. The van der Waals surface area contributed by atoms with Gasteiger partial charge in [0, 0.05) is 15.8 Å². The highest BCUT2D eigenvalue weighted by atomic mass is 79.9. The fraction of sp³-hybridized carbons (Fsp3) is 0.455. The van der Waals surface area contributed by atoms with E-state index in [0.29, 0.717) is 5.25 Å². The van der Waals surface area contributed by atoms with Crippen molar-refractivity contribution in [1.82, 2.24) is 0 Å². The van der Waals surface area contributed by atoms with Gasteiger partial charge in [-0.05, 0) is 36.3 Å². The lowest BCUT2D eigenvalue weighted by molar-refractivity contribution is 0.645. The van der Waals surface area contributed by atoms with Gasteiger partial charge in [0.25, 0.3) is 0 Å². The Balaban J connectivity index is 2.09. The van der Waals surface area contributed by atoms with Gasteiger partial charge in [-0.25, -0.2) is 0 Å². The van der Waals surface area contributed by atoms with Gasteiger partial charge in [0.2, 0.25) is 0 Å². The first-order valence-electron chi connectivity index (χ1n) is 4.90. The van der Waals surface area contributed by atoms with Crippen molar-refractivity contribution in [2.45, 2.75) is 24.1 Å². The average molecular weight is 272 g/mol. The van der Waals surface area contributed by atoms with Crippen LogP contribution in [-0.4, -0.2) is 11.0 Å². The highest BCUT2D eigenvalue weighted by Gasteiger charge is 2.23. The summed E-state index contributed by atoms with van der Waals surface area (Å²) in [6.45, 7) is 0. The molecule has 2 atom stereocenters. The lowest BCUT2D eigenvalue weighted by atomic mass is 10.0. The molecule has 1 fully saturated rings. The van der Waals surface area contributed by atoms with Gasteiger partial charge >= 0.3 is 0 Å². The molecule has 0 aliphatic carbocycles. The predicted molar refractivity (Wildman–Crippen MR) is 66.6 cm³/mol. The van der Waals surface area contributed by atoms with Crippen molar-refractivity contribution in [3.8, 4) is 0 Å². The van der Waals surface area contributed by atoms with Crippen LogP contribution in [0.2, 0.25) is 0 Å². The third kappa shape index (κ3) is 2.33. The summed E-state index contributed by atoms with van der Waals surface area (Å²) >= 11 is 5.44. The van der Waals surface area contributed by atoms with Gasteiger partial charge in [0.05, 0.1) is 0 Å². The van der Waals surface area contributed by atoms with E-state index < -0.39 is 0 Å². The van der Waals surface area contributed by atoms with Crippen LogP contribution < -0.4 is 5.73 Å². The van der Waals surface area contributed by atoms with Crippen LogP contribution in [0.1, 0.15) is 24.4 Å². The highest BCUT2D eigenvalue weighted by molar-refractivity contribution is 9.10. The molecule has 0 saturated carbocycles. The molecule has 1 aromatic rings. The van der Waals surface area contributed by atoms with Crippen molar-refractivity contribution in [3.63, 3.8) is 0 Å². The molecular weight excluding hydrogens is 258 g/mol. The summed E-state index contributed by atoms with van der Waals surface area (Å²) in [5.41, 5.74) is 7.47. The maximum Gasteiger partial charge on any atom is 0.0415 e. The van der Waals surface area contributed by atoms with Gasteiger partial charge in [-0.3, -0.25) is 0 Å². The second kappa shape index (κ2) is 4.69. The minimum atomic E-state index is 0.204. The molecule has 1 aliphatic rings. The summed E-state index contributed by atoms with van der Waals surface area (Å²) in [6.07, 6.45) is 2.58. The highest BCUT2D eigenvalue weighted by Crippen LogP contribution is 2.34. The van der Waals surface area contributed by atoms with Crippen molar-refractivity contribution in [2.24, 2.45) is 5.73 Å². The third-order valence-corrected chi connectivity index (χ3v) is 4.63. The van der Waals surface area contributed by atoms with Gasteiger partial charge in [0.15, 0.2) is 0 Å². The van der Waals surface area contributed by atoms with E-state index in [1.165, 1.54) is 24.2 Å². The Morgan fingerprint density at radius 2 is 2.07 bits per heavy atom. The Hall–Kier alpha value is 0.01000. The van der Waals surface area contributed by atoms with Gasteiger partial charge in [-0.2, -0.15) is 11.8 Å². The smallest absolute Gasteiger partial charge is 0.0415 e. The van der Waals surface area contributed by atoms with Crippen LogP contribution in [0.4, 0.5) is 0 Å². The van der Waals surface area contributed by atoms with Crippen LogP contribution in [0.25, 0.3) is 0 Å². The van der Waals surface area contributed by atoms with Gasteiger partial charge in [-0.15, -0.1) is 0 Å². The largest absolute Gasteiger partial charge is 0.323 e. The molecule has 0 amide bonds. The molecule has 0 spiro atoms. The molecule has 1 aromatic carbocycles. The van der Waals surface area contributed by atoms with Gasteiger partial charge in [0.1, 0.15) is 0 Å². The summed E-state index contributed by atoms with van der Waals surface area (Å²) in [4.78, 5) is 0. The first-order valence-corrected chi connectivity index (χ1v) is 6.74. The SMILES string of the molecule is NC(c1ccc(Br)cc1)C1CCCS1. The lowest BCUT2D eigenvalue weighted by Crippen LogP contribution is -2.21. The summed E-state index contributed by atoms with van der Waals surface area (Å²) in [5, 5.41) is 0.621. The van der Waals surface area contributed by atoms with E-state index in [1.807, 2.05) is 11.8 Å². The van der Waals surface area contributed by atoms with Gasteiger partial charge in [-0.1, -0.05) is 28.1 Å². The lowest BCUT2D eigenvalue weighted by Gasteiger charge is -2.18. The van der Waals surface area contributed by atoms with Crippen LogP contribution in [0, 0.1) is 0 Å². The Kier molecular flexibility index (Phi) is 3.52. The van der Waals surface area contributed by atoms with E-state index in [-0.39, 0.29) is 6.04 Å². The molecule has 1 aliphatic heterocycles. The van der Waals surface area contributed by atoms with Crippen LogP contribution in [0.15, 0.2) is 28.7 Å². The van der Waals surface area contributed by atoms with E-state index in [4.69, 9.17) is 5.73 Å². The van der Waals surface area contributed by atoms with Crippen molar-refractivity contribution in [1.29, 1.82) is 0 Å². The third-order valence-electron chi connectivity index (χ3n) is 2.62. The van der Waals surface area contributed by atoms with E-state index in [0.717, 1.165) is 4.47 Å². The fourth-order valence-corrected chi connectivity index (χ4v) is 3.38. The van der Waals surface area contributed by atoms with E-state index in [9.17, 15) is 0 Å². The van der Waals surface area contributed by atoms with E-state index in [1.54, 1.807) is 0 Å². The summed E-state index contributed by atoms with van der Waals surface area (Å²) in [6, 6.07) is 8.57. The Morgan fingerprint density at radius 3 is 2.64 bits per heavy atom. The normalized spacial score (nSPS) is 23.7. The number of halogens is 1. The van der Waals surface area contributed by atoms with Crippen LogP contribution in [-0.2, 0) is 0 Å². The summed E-state index contributed by atoms with van der Waals surface area (Å²) in [7, 11) is 0. The van der Waals surface area contributed by atoms with Crippen molar-refractivity contribution < 1.29 is 0 Å². The molecule has 0 bridgehead atoms. The quantitative estimate of drug-likeness (QED) is 0.893. The maximum atomic E-state index is 6.21. The number of nitrogens with two attached hydrogens (primary N) is 1. The second-order valence-electron chi connectivity index (χ2n) is 3.63. The van der Waals surface area contributed by atoms with Crippen LogP contribution >= 0.6 is 27.7 Å². The molecule has 1 nitrogen and oxygen atoms in total. The zero-order chi connectivity index (χ0) is 9.97. The molecule has 2 rings (SSSR count). The Labute approximate surface area is 97.6 Å². The molecule has 0 aromatic heterocycles. The number of rotatable bonds is 2. The van der Waals surface area contributed by atoms with Crippen LogP contribution in [0.5, 0.6) is 0 Å². The Morgan fingerprint density at radius 1 is 1.36 bits per heavy atom. The standard InChI is InChI=1S/C11H14BrNS/c12-9-5-3-8(4-6-9)11(13)10-2-1-7-14-10/h3-6,10-11H,1-2,7,13H2. The zero-order valence-electron chi connectivity index (χ0n) is 7.95. The number of benzene rings is 1. The molecule has 76 valence electrons. The molecule has 0 radical (unpaired) electrons. The second-order valence-corrected chi connectivity index (χ2v) is 5.89. The molecule has 14 heavy (non-hydrogen) atoms. The zero-order valence-corrected chi connectivity index (χ0v) is 10.4. The minimum Gasteiger partial charge on any atom is -0.323 e. The molecule has 3 heteroatoms. The minimum absolute atomic E-state index is 0.204. The average Bonchev–Trinajstić information content (AvgIpc) is 2.71. The first kappa shape index (κ1) is 10.5. The van der Waals surface area contributed by atoms with E-state index >= 15 is 0 Å². The molecule has 1 saturated heterocycles. The summed E-state index contributed by atoms with van der Waals surface area (Å²) in [5.74, 6) is 1.27. The maximum absolute atomic E-state index is 6.21. The Bertz CT molecular complexity index is 293. The van der Waals surface area contributed by atoms with Crippen molar-refractivity contribution in [3.05, 3.63) is 34.3 Å². The number of thioether (sulfide) groups is 1. The summed E-state index contributed by atoms with van der Waals surface area (Å²) < 4.78 is 1.12. The monoisotopic (exact) mass is 271 g/mol. The first-order chi connectivity index (χ1) is 6.77. The fourth-order valence-electron chi connectivity index (χ4n) is 1.79. The molecule has 2 N–H and O–H groups in total. The molecular formula is C11H14BrNS. The topological polar surface area (TPSA) is 26.0 Å². The molecule has 1 heterocycles. The van der Waals surface area contributed by atoms with E-state index in [2.05, 4.69) is 40.2 Å². The van der Waals surface area contributed by atoms with Crippen molar-refractivity contribution in [2.75, 3.05) is 5.75 Å². The van der Waals surface area contributed by atoms with Gasteiger partial charge < -0.3 is 5.73 Å². The number of hydrogen-bond donors (Lipinski definition) is 1. The number of hydrogen-bond acceptors (Lipinski definition) is 2. The van der Waals surface area contributed by atoms with Crippen LogP contribution in [0.3, 0.4) is 0 Å².